The smallest absolute Gasteiger partial charge is 0.339 e. The monoisotopic (exact) mass is 251 g/mol. The Hall–Kier alpha value is -1.53. The third-order valence-corrected chi connectivity index (χ3v) is 3.01. The molecule has 0 amide bonds. The van der Waals surface area contributed by atoms with Crippen molar-refractivity contribution in [3.8, 4) is 0 Å². The lowest BCUT2D eigenvalue weighted by Crippen LogP contribution is -2.29. The Balaban J connectivity index is 1.84. The number of nitrogens with zero attached hydrogens (tertiary/aromatic N) is 2. The van der Waals surface area contributed by atoms with Crippen molar-refractivity contribution in [2.75, 3.05) is 19.8 Å². The Kier molecular flexibility index (Phi) is 4.60. The van der Waals surface area contributed by atoms with Gasteiger partial charge in [-0.3, -0.25) is 0 Å². The van der Waals surface area contributed by atoms with Crippen molar-refractivity contribution in [2.45, 2.75) is 19.4 Å². The summed E-state index contributed by atoms with van der Waals surface area (Å²) in [7, 11) is 0. The second kappa shape index (κ2) is 6.42. The van der Waals surface area contributed by atoms with E-state index in [9.17, 15) is 4.79 Å². The Labute approximate surface area is 105 Å². The number of aromatic carboxylic acids is 1. The van der Waals surface area contributed by atoms with Crippen LogP contribution in [-0.2, 0) is 11.3 Å². The summed E-state index contributed by atoms with van der Waals surface area (Å²) >= 11 is 0. The number of aromatic nitrogens is 2. The van der Waals surface area contributed by atoms with Crippen molar-refractivity contribution < 1.29 is 14.6 Å². The zero-order chi connectivity index (χ0) is 12.8. The number of ether oxygens (including phenoxy) is 1. The van der Waals surface area contributed by atoms with Crippen molar-refractivity contribution in [3.63, 3.8) is 0 Å². The lowest BCUT2D eigenvalue weighted by Gasteiger charge is -2.22. The molecule has 0 aromatic carbocycles. The summed E-state index contributed by atoms with van der Waals surface area (Å²) < 4.78 is 5.39. The van der Waals surface area contributed by atoms with E-state index < -0.39 is 5.97 Å². The molecular formula is C12H17N3O3. The van der Waals surface area contributed by atoms with Crippen LogP contribution in [0.2, 0.25) is 0 Å². The molecule has 0 saturated carbocycles. The molecule has 1 atom stereocenters. The van der Waals surface area contributed by atoms with Crippen molar-refractivity contribution in [3.05, 3.63) is 23.8 Å². The number of carboxylic acid groups (broad SMARTS) is 1. The van der Waals surface area contributed by atoms with Gasteiger partial charge in [-0.15, -0.1) is 0 Å². The van der Waals surface area contributed by atoms with Gasteiger partial charge in [-0.05, 0) is 18.8 Å². The van der Waals surface area contributed by atoms with Gasteiger partial charge in [-0.1, -0.05) is 0 Å². The molecule has 0 spiro atoms. The van der Waals surface area contributed by atoms with E-state index in [0.717, 1.165) is 32.6 Å². The minimum Gasteiger partial charge on any atom is -0.478 e. The first kappa shape index (κ1) is 12.9. The first-order chi connectivity index (χ1) is 8.77. The molecule has 2 rings (SSSR count). The van der Waals surface area contributed by atoms with E-state index >= 15 is 0 Å². The number of hydrogen-bond donors (Lipinski definition) is 2. The lowest BCUT2D eigenvalue weighted by molar-refractivity contribution is 0.0546. The molecule has 1 aromatic rings. The number of hydrogen-bond acceptors (Lipinski definition) is 5. The maximum absolute atomic E-state index is 11.0. The standard InChI is InChI=1S/C12H17N3O3/c16-12(17)10-5-14-8-15-11(10)6-13-4-9-2-1-3-18-7-9/h5,8-9,13H,1-4,6-7H2,(H,16,17). The predicted molar refractivity (Wildman–Crippen MR) is 64.2 cm³/mol. The van der Waals surface area contributed by atoms with Crippen LogP contribution < -0.4 is 5.32 Å². The quantitative estimate of drug-likeness (QED) is 0.801. The first-order valence-electron chi connectivity index (χ1n) is 6.08. The second-order valence-corrected chi connectivity index (χ2v) is 4.40. The second-order valence-electron chi connectivity index (χ2n) is 4.40. The van der Waals surface area contributed by atoms with Crippen molar-refractivity contribution >= 4 is 5.97 Å². The summed E-state index contributed by atoms with van der Waals surface area (Å²) in [6, 6.07) is 0. The van der Waals surface area contributed by atoms with Gasteiger partial charge in [0.15, 0.2) is 0 Å². The number of carbonyl (C=O) groups is 1. The minimum atomic E-state index is -0.992. The number of rotatable bonds is 5. The van der Waals surface area contributed by atoms with Crippen LogP contribution in [0.4, 0.5) is 0 Å². The molecule has 1 saturated heterocycles. The molecule has 1 aromatic heterocycles. The highest BCUT2D eigenvalue weighted by molar-refractivity contribution is 5.88. The average molecular weight is 251 g/mol. The van der Waals surface area contributed by atoms with Gasteiger partial charge < -0.3 is 15.2 Å². The van der Waals surface area contributed by atoms with Gasteiger partial charge in [0, 0.05) is 25.9 Å². The van der Waals surface area contributed by atoms with Gasteiger partial charge in [-0.2, -0.15) is 0 Å². The van der Waals surface area contributed by atoms with Crippen LogP contribution in [0.15, 0.2) is 12.5 Å². The van der Waals surface area contributed by atoms with Gasteiger partial charge in [0.2, 0.25) is 0 Å². The van der Waals surface area contributed by atoms with E-state index in [1.807, 2.05) is 0 Å². The molecule has 1 unspecified atom stereocenters. The first-order valence-corrected chi connectivity index (χ1v) is 6.08. The molecule has 0 radical (unpaired) electrons. The van der Waals surface area contributed by atoms with Gasteiger partial charge in [0.1, 0.15) is 11.9 Å². The van der Waals surface area contributed by atoms with Gasteiger partial charge in [-0.25, -0.2) is 14.8 Å². The normalized spacial score (nSPS) is 19.7. The molecule has 0 aliphatic carbocycles. The van der Waals surface area contributed by atoms with Crippen LogP contribution in [0.1, 0.15) is 28.9 Å². The maximum Gasteiger partial charge on any atom is 0.339 e. The highest BCUT2D eigenvalue weighted by atomic mass is 16.5. The van der Waals surface area contributed by atoms with E-state index in [4.69, 9.17) is 9.84 Å². The molecule has 1 fully saturated rings. The van der Waals surface area contributed by atoms with Crippen LogP contribution in [0.5, 0.6) is 0 Å². The fourth-order valence-electron chi connectivity index (χ4n) is 2.04. The number of carboxylic acids is 1. The lowest BCUT2D eigenvalue weighted by atomic mass is 10.0. The largest absolute Gasteiger partial charge is 0.478 e. The Morgan fingerprint density at radius 2 is 2.50 bits per heavy atom. The van der Waals surface area contributed by atoms with Crippen LogP contribution in [0.3, 0.4) is 0 Å². The summed E-state index contributed by atoms with van der Waals surface area (Å²) in [5.41, 5.74) is 0.680. The molecule has 2 heterocycles. The maximum atomic E-state index is 11.0. The highest BCUT2D eigenvalue weighted by Crippen LogP contribution is 2.12. The van der Waals surface area contributed by atoms with E-state index in [0.29, 0.717) is 18.2 Å². The van der Waals surface area contributed by atoms with Crippen molar-refractivity contribution in [1.29, 1.82) is 0 Å². The average Bonchev–Trinajstić information content (AvgIpc) is 2.40. The fourth-order valence-corrected chi connectivity index (χ4v) is 2.04. The van der Waals surface area contributed by atoms with E-state index in [-0.39, 0.29) is 5.56 Å². The number of nitrogens with one attached hydrogen (secondary N) is 1. The molecule has 0 bridgehead atoms. The molecule has 1 aliphatic rings. The fraction of sp³-hybridized carbons (Fsp3) is 0.583. The summed E-state index contributed by atoms with van der Waals surface area (Å²) in [5, 5.41) is 12.2. The van der Waals surface area contributed by atoms with E-state index in [1.165, 1.54) is 12.5 Å². The molecule has 2 N–H and O–H groups in total. The molecule has 18 heavy (non-hydrogen) atoms. The molecule has 6 nitrogen and oxygen atoms in total. The summed E-state index contributed by atoms with van der Waals surface area (Å²) in [6.45, 7) is 2.90. The Morgan fingerprint density at radius 1 is 1.61 bits per heavy atom. The van der Waals surface area contributed by atoms with Crippen LogP contribution in [0.25, 0.3) is 0 Å². The SMILES string of the molecule is O=C(O)c1cncnc1CNCC1CCCOC1. The van der Waals surface area contributed by atoms with Gasteiger partial charge in [0.25, 0.3) is 0 Å². The highest BCUT2D eigenvalue weighted by Gasteiger charge is 2.15. The zero-order valence-electron chi connectivity index (χ0n) is 10.1. The summed E-state index contributed by atoms with van der Waals surface area (Å²) in [6.07, 6.45) is 4.95. The van der Waals surface area contributed by atoms with Crippen molar-refractivity contribution in [1.82, 2.24) is 15.3 Å². The van der Waals surface area contributed by atoms with Crippen LogP contribution in [0, 0.1) is 5.92 Å². The van der Waals surface area contributed by atoms with Gasteiger partial charge >= 0.3 is 5.97 Å². The topological polar surface area (TPSA) is 84.3 Å². The molecule has 6 heteroatoms. The minimum absolute atomic E-state index is 0.157. The zero-order valence-corrected chi connectivity index (χ0v) is 10.1. The van der Waals surface area contributed by atoms with Crippen LogP contribution in [-0.4, -0.2) is 40.8 Å². The van der Waals surface area contributed by atoms with E-state index in [1.54, 1.807) is 0 Å². The summed E-state index contributed by atoms with van der Waals surface area (Å²) in [5.74, 6) is -0.484. The Morgan fingerprint density at radius 3 is 3.22 bits per heavy atom. The Bertz CT molecular complexity index is 405. The van der Waals surface area contributed by atoms with E-state index in [2.05, 4.69) is 15.3 Å². The molecular weight excluding hydrogens is 234 g/mol. The van der Waals surface area contributed by atoms with Crippen molar-refractivity contribution in [2.24, 2.45) is 5.92 Å². The molecule has 1 aliphatic heterocycles. The van der Waals surface area contributed by atoms with Gasteiger partial charge in [0.05, 0.1) is 12.3 Å². The molecule has 98 valence electrons. The third kappa shape index (κ3) is 3.48. The third-order valence-electron chi connectivity index (χ3n) is 3.01. The predicted octanol–water partition coefficient (Wildman–Crippen LogP) is 0.691. The summed E-state index contributed by atoms with van der Waals surface area (Å²) in [4.78, 5) is 18.7. The van der Waals surface area contributed by atoms with Crippen LogP contribution >= 0.6 is 0 Å².